The summed E-state index contributed by atoms with van der Waals surface area (Å²) >= 11 is 13.2. The van der Waals surface area contributed by atoms with E-state index >= 15 is 0 Å². The van der Waals surface area contributed by atoms with Crippen LogP contribution in [-0.4, -0.2) is 34.4 Å². The highest BCUT2D eigenvalue weighted by Crippen LogP contribution is 2.25. The molecular weight excluding hydrogens is 401 g/mol. The van der Waals surface area contributed by atoms with Gasteiger partial charge in [0.1, 0.15) is 5.76 Å². The number of halogens is 2. The molecule has 0 aliphatic rings. The Kier molecular flexibility index (Phi) is 7.31. The van der Waals surface area contributed by atoms with E-state index < -0.39 is 18.5 Å². The van der Waals surface area contributed by atoms with Crippen molar-refractivity contribution in [1.29, 1.82) is 0 Å². The molecule has 2 aromatic heterocycles. The van der Waals surface area contributed by atoms with Gasteiger partial charge in [0.15, 0.2) is 12.4 Å². The smallest absolute Gasteiger partial charge is 0.316 e. The van der Waals surface area contributed by atoms with Crippen molar-refractivity contribution in [3.8, 4) is 0 Å². The number of aromatic nitrogens is 2. The number of anilines is 1. The van der Waals surface area contributed by atoms with E-state index in [2.05, 4.69) is 15.5 Å². The molecule has 1 N–H and O–H groups in total. The predicted octanol–water partition coefficient (Wildman–Crippen LogP) is 3.72. The van der Waals surface area contributed by atoms with Crippen LogP contribution in [0, 0.1) is 20.8 Å². The molecule has 0 spiro atoms. The molecule has 0 unspecified atom stereocenters. The zero-order valence-corrected chi connectivity index (χ0v) is 16.7. The van der Waals surface area contributed by atoms with E-state index in [-0.39, 0.29) is 16.6 Å². The number of esters is 1. The third kappa shape index (κ3) is 5.62. The van der Waals surface area contributed by atoms with Crippen molar-refractivity contribution >= 4 is 52.7 Å². The van der Waals surface area contributed by atoms with E-state index in [9.17, 15) is 9.59 Å². The number of pyridine rings is 1. The molecule has 0 saturated carbocycles. The Hall–Kier alpha value is -1.77. The second-order valence-electron chi connectivity index (χ2n) is 5.39. The first-order valence-corrected chi connectivity index (χ1v) is 9.46. The van der Waals surface area contributed by atoms with Gasteiger partial charge in [0, 0.05) is 11.3 Å². The van der Waals surface area contributed by atoms with Crippen LogP contribution < -0.4 is 5.32 Å². The summed E-state index contributed by atoms with van der Waals surface area (Å²) in [6.45, 7) is 4.91. The molecule has 0 aromatic carbocycles. The number of nitrogens with one attached hydrogen (secondary N) is 1. The Morgan fingerprint density at radius 2 is 1.96 bits per heavy atom. The van der Waals surface area contributed by atoms with Gasteiger partial charge in [-0.1, -0.05) is 28.4 Å². The number of carbonyl (C=O) groups is 2. The van der Waals surface area contributed by atoms with Gasteiger partial charge < -0.3 is 14.6 Å². The SMILES string of the molecule is Cc1nc(NC(=O)COC(=O)CSCc2c(C)noc2C)c(Cl)cc1Cl. The Bertz CT molecular complexity index is 807. The van der Waals surface area contributed by atoms with Crippen LogP contribution in [0.15, 0.2) is 10.6 Å². The lowest BCUT2D eigenvalue weighted by atomic mass is 10.2. The summed E-state index contributed by atoms with van der Waals surface area (Å²) in [6, 6.07) is 1.48. The quantitative estimate of drug-likeness (QED) is 0.685. The number of nitrogens with zero attached hydrogens (tertiary/aromatic N) is 2. The molecule has 0 bridgehead atoms. The average Bonchev–Trinajstić information content (AvgIpc) is 2.90. The van der Waals surface area contributed by atoms with Crippen LogP contribution in [0.1, 0.15) is 22.7 Å². The minimum atomic E-state index is -0.537. The number of aryl methyl sites for hydroxylation is 3. The molecule has 2 aromatic rings. The van der Waals surface area contributed by atoms with E-state index in [1.807, 2.05) is 13.8 Å². The number of amides is 1. The lowest BCUT2D eigenvalue weighted by Crippen LogP contribution is -2.22. The van der Waals surface area contributed by atoms with Gasteiger partial charge >= 0.3 is 5.97 Å². The van der Waals surface area contributed by atoms with E-state index in [1.165, 1.54) is 17.8 Å². The highest BCUT2D eigenvalue weighted by atomic mass is 35.5. The Morgan fingerprint density at radius 1 is 1.23 bits per heavy atom. The van der Waals surface area contributed by atoms with Gasteiger partial charge in [0.2, 0.25) is 0 Å². The molecule has 140 valence electrons. The summed E-state index contributed by atoms with van der Waals surface area (Å²) in [5.41, 5.74) is 2.28. The summed E-state index contributed by atoms with van der Waals surface area (Å²) in [4.78, 5) is 27.7. The topological polar surface area (TPSA) is 94.3 Å². The van der Waals surface area contributed by atoms with E-state index in [0.29, 0.717) is 16.5 Å². The second-order valence-corrected chi connectivity index (χ2v) is 7.19. The molecule has 1 amide bonds. The van der Waals surface area contributed by atoms with Crippen molar-refractivity contribution in [3.05, 3.63) is 38.8 Å². The standard InChI is InChI=1S/C16H17Cl2N3O4S/c1-8-11(10(3)25-21-8)6-26-7-15(23)24-5-14(22)20-16-13(18)4-12(17)9(2)19-16/h4H,5-7H2,1-3H3,(H,19,20,22). The third-order valence-corrected chi connectivity index (χ3v) is 4.98. The normalized spacial score (nSPS) is 10.7. The molecule has 0 aliphatic heterocycles. The molecular formula is C16H17Cl2N3O4S. The van der Waals surface area contributed by atoms with Crippen LogP contribution >= 0.6 is 35.0 Å². The number of ether oxygens (including phenoxy) is 1. The molecule has 0 fully saturated rings. The van der Waals surface area contributed by atoms with Crippen LogP contribution in [0.2, 0.25) is 10.0 Å². The van der Waals surface area contributed by atoms with Gasteiger partial charge in [0.05, 0.1) is 27.2 Å². The predicted molar refractivity (Wildman–Crippen MR) is 101 cm³/mol. The molecule has 10 heteroatoms. The van der Waals surface area contributed by atoms with Gasteiger partial charge in [-0.25, -0.2) is 4.98 Å². The molecule has 2 heterocycles. The van der Waals surface area contributed by atoms with Crippen molar-refractivity contribution < 1.29 is 18.8 Å². The highest BCUT2D eigenvalue weighted by Gasteiger charge is 2.14. The minimum Gasteiger partial charge on any atom is -0.455 e. The number of carbonyl (C=O) groups excluding carboxylic acids is 2. The Labute approximate surface area is 164 Å². The van der Waals surface area contributed by atoms with Gasteiger partial charge in [-0.05, 0) is 26.8 Å². The van der Waals surface area contributed by atoms with Crippen LogP contribution in [-0.2, 0) is 20.1 Å². The number of hydrogen-bond donors (Lipinski definition) is 1. The monoisotopic (exact) mass is 417 g/mol. The van der Waals surface area contributed by atoms with Crippen LogP contribution in [0.4, 0.5) is 5.82 Å². The molecule has 0 atom stereocenters. The second kappa shape index (κ2) is 9.25. The van der Waals surface area contributed by atoms with Gasteiger partial charge in [-0.3, -0.25) is 9.59 Å². The van der Waals surface area contributed by atoms with Crippen LogP contribution in [0.5, 0.6) is 0 Å². The molecule has 0 radical (unpaired) electrons. The Morgan fingerprint density at radius 3 is 2.62 bits per heavy atom. The summed E-state index contributed by atoms with van der Waals surface area (Å²) in [5.74, 6) is 0.545. The minimum absolute atomic E-state index is 0.108. The van der Waals surface area contributed by atoms with E-state index in [1.54, 1.807) is 6.92 Å². The zero-order valence-electron chi connectivity index (χ0n) is 14.4. The van der Waals surface area contributed by atoms with Crippen LogP contribution in [0.3, 0.4) is 0 Å². The summed E-state index contributed by atoms with van der Waals surface area (Å²) in [6.07, 6.45) is 0. The number of hydrogen-bond acceptors (Lipinski definition) is 7. The van der Waals surface area contributed by atoms with Gasteiger partial charge in [-0.15, -0.1) is 11.8 Å². The lowest BCUT2D eigenvalue weighted by molar-refractivity contribution is -0.144. The molecule has 26 heavy (non-hydrogen) atoms. The average molecular weight is 418 g/mol. The fourth-order valence-electron chi connectivity index (χ4n) is 1.95. The van der Waals surface area contributed by atoms with Crippen molar-refractivity contribution in [3.63, 3.8) is 0 Å². The molecule has 0 saturated heterocycles. The summed E-state index contributed by atoms with van der Waals surface area (Å²) in [7, 11) is 0. The van der Waals surface area contributed by atoms with Crippen molar-refractivity contribution in [2.24, 2.45) is 0 Å². The third-order valence-electron chi connectivity index (χ3n) is 3.37. The van der Waals surface area contributed by atoms with E-state index in [0.717, 1.165) is 17.0 Å². The van der Waals surface area contributed by atoms with Crippen molar-refractivity contribution in [2.75, 3.05) is 17.7 Å². The highest BCUT2D eigenvalue weighted by molar-refractivity contribution is 7.99. The van der Waals surface area contributed by atoms with Crippen molar-refractivity contribution in [2.45, 2.75) is 26.5 Å². The molecule has 0 aliphatic carbocycles. The molecule has 2 rings (SSSR count). The first kappa shape index (κ1) is 20.5. The Balaban J connectivity index is 1.75. The summed E-state index contributed by atoms with van der Waals surface area (Å²) < 4.78 is 10.00. The van der Waals surface area contributed by atoms with E-state index in [4.69, 9.17) is 32.5 Å². The number of thioether (sulfide) groups is 1. The summed E-state index contributed by atoms with van der Waals surface area (Å²) in [5, 5.41) is 6.93. The fraction of sp³-hybridized carbons (Fsp3) is 0.375. The lowest BCUT2D eigenvalue weighted by Gasteiger charge is -2.09. The maximum absolute atomic E-state index is 11.9. The van der Waals surface area contributed by atoms with Crippen molar-refractivity contribution in [1.82, 2.24) is 10.1 Å². The zero-order chi connectivity index (χ0) is 19.3. The maximum Gasteiger partial charge on any atom is 0.316 e. The van der Waals surface area contributed by atoms with Gasteiger partial charge in [0.25, 0.3) is 5.91 Å². The first-order chi connectivity index (χ1) is 12.3. The molecule has 7 nitrogen and oxygen atoms in total. The first-order valence-electron chi connectivity index (χ1n) is 7.55. The number of rotatable bonds is 7. The maximum atomic E-state index is 11.9. The van der Waals surface area contributed by atoms with Crippen LogP contribution in [0.25, 0.3) is 0 Å². The van der Waals surface area contributed by atoms with Gasteiger partial charge in [-0.2, -0.15) is 0 Å². The fourth-order valence-corrected chi connectivity index (χ4v) is 3.32. The largest absolute Gasteiger partial charge is 0.455 e.